The molecule has 6 heteroatoms. The molecule has 1 atom stereocenters. The highest BCUT2D eigenvalue weighted by molar-refractivity contribution is 6.02. The summed E-state index contributed by atoms with van der Waals surface area (Å²) in [5.74, 6) is -1.11. The molecule has 1 rings (SSSR count). The molecule has 6 nitrogen and oxygen atoms in total. The first kappa shape index (κ1) is 11.9. The van der Waals surface area contributed by atoms with Crippen LogP contribution in [0.2, 0.25) is 0 Å². The largest absolute Gasteiger partial charge is 0.378 e. The van der Waals surface area contributed by atoms with E-state index in [1.54, 1.807) is 6.92 Å². The molecule has 1 aliphatic heterocycles. The van der Waals surface area contributed by atoms with E-state index in [2.05, 4.69) is 0 Å². The number of hydrogen-bond donors (Lipinski definition) is 1. The fraction of sp³-hybridized carbons (Fsp3) is 0.778. The Morgan fingerprint density at radius 1 is 1.47 bits per heavy atom. The summed E-state index contributed by atoms with van der Waals surface area (Å²) in [5, 5.41) is 0. The van der Waals surface area contributed by atoms with Gasteiger partial charge in [0.05, 0.1) is 13.2 Å². The Hall–Kier alpha value is -1.14. The quantitative estimate of drug-likeness (QED) is 0.594. The lowest BCUT2D eigenvalue weighted by atomic mass is 10.2. The molecule has 15 heavy (non-hydrogen) atoms. The van der Waals surface area contributed by atoms with Crippen molar-refractivity contribution in [2.45, 2.75) is 13.0 Å². The van der Waals surface area contributed by atoms with Crippen molar-refractivity contribution in [2.75, 3.05) is 32.9 Å². The molecule has 86 valence electrons. The van der Waals surface area contributed by atoms with Crippen LogP contribution < -0.4 is 5.73 Å². The van der Waals surface area contributed by atoms with Crippen LogP contribution in [0.25, 0.3) is 0 Å². The predicted octanol–water partition coefficient (Wildman–Crippen LogP) is -1.26. The van der Waals surface area contributed by atoms with Crippen molar-refractivity contribution in [1.29, 1.82) is 0 Å². The predicted molar refractivity (Wildman–Crippen MR) is 52.0 cm³/mol. The summed E-state index contributed by atoms with van der Waals surface area (Å²) < 4.78 is 10.1. The van der Waals surface area contributed by atoms with Gasteiger partial charge in [0.1, 0.15) is 0 Å². The minimum absolute atomic E-state index is 0.281. The second-order valence-corrected chi connectivity index (χ2v) is 3.18. The van der Waals surface area contributed by atoms with Gasteiger partial charge in [0.25, 0.3) is 11.8 Å². The lowest BCUT2D eigenvalue weighted by Crippen LogP contribution is -2.50. The zero-order chi connectivity index (χ0) is 11.3. The first-order chi connectivity index (χ1) is 7.16. The number of hydrogen-bond acceptors (Lipinski definition) is 4. The smallest absolute Gasteiger partial charge is 0.261 e. The Labute approximate surface area is 88.3 Å². The van der Waals surface area contributed by atoms with E-state index < -0.39 is 12.0 Å². The van der Waals surface area contributed by atoms with E-state index >= 15 is 0 Å². The molecule has 0 spiro atoms. The summed E-state index contributed by atoms with van der Waals surface area (Å²) in [7, 11) is 0. The maximum atomic E-state index is 11.8. The standard InChI is InChI=1S/C9H16N2O4/c1-2-15-7(8(10)12)9(13)11-3-5-14-6-4-11/h7H,2-6H2,1H3,(H2,10,12). The van der Waals surface area contributed by atoms with E-state index in [9.17, 15) is 9.59 Å². The maximum Gasteiger partial charge on any atom is 0.261 e. The zero-order valence-electron chi connectivity index (χ0n) is 8.77. The van der Waals surface area contributed by atoms with Crippen LogP contribution in [0.3, 0.4) is 0 Å². The summed E-state index contributed by atoms with van der Waals surface area (Å²) in [4.78, 5) is 24.3. The first-order valence-corrected chi connectivity index (χ1v) is 4.94. The molecule has 0 aromatic carbocycles. The summed E-state index contributed by atoms with van der Waals surface area (Å²) >= 11 is 0. The number of rotatable bonds is 4. The van der Waals surface area contributed by atoms with E-state index in [0.717, 1.165) is 0 Å². The van der Waals surface area contributed by atoms with Crippen molar-refractivity contribution in [1.82, 2.24) is 4.90 Å². The molecule has 0 radical (unpaired) electrons. The topological polar surface area (TPSA) is 81.9 Å². The first-order valence-electron chi connectivity index (χ1n) is 4.94. The molecule has 1 aliphatic rings. The summed E-state index contributed by atoms with van der Waals surface area (Å²) in [6.45, 7) is 3.93. The van der Waals surface area contributed by atoms with Crippen LogP contribution in [-0.2, 0) is 19.1 Å². The van der Waals surface area contributed by atoms with Crippen molar-refractivity contribution in [3.05, 3.63) is 0 Å². The third-order valence-corrected chi connectivity index (χ3v) is 2.14. The number of nitrogens with zero attached hydrogens (tertiary/aromatic N) is 1. The second-order valence-electron chi connectivity index (χ2n) is 3.18. The molecule has 0 aliphatic carbocycles. The van der Waals surface area contributed by atoms with Gasteiger partial charge in [-0.15, -0.1) is 0 Å². The Balaban J connectivity index is 2.57. The number of amides is 2. The van der Waals surface area contributed by atoms with Gasteiger partial charge in [-0.3, -0.25) is 9.59 Å². The lowest BCUT2D eigenvalue weighted by molar-refractivity contribution is -0.153. The van der Waals surface area contributed by atoms with Gasteiger partial charge in [-0.25, -0.2) is 0 Å². The molecule has 1 unspecified atom stereocenters. The molecule has 0 saturated carbocycles. The molecule has 0 bridgehead atoms. The normalized spacial score (nSPS) is 18.6. The number of primary amides is 1. The van der Waals surface area contributed by atoms with E-state index in [-0.39, 0.29) is 12.5 Å². The Morgan fingerprint density at radius 3 is 2.53 bits per heavy atom. The molecule has 0 aromatic heterocycles. The van der Waals surface area contributed by atoms with E-state index in [0.29, 0.717) is 26.3 Å². The fourth-order valence-electron chi connectivity index (χ4n) is 1.39. The Bertz CT molecular complexity index is 238. The highest BCUT2D eigenvalue weighted by Crippen LogP contribution is 2.03. The molecule has 0 aromatic rings. The minimum Gasteiger partial charge on any atom is -0.378 e. The van der Waals surface area contributed by atoms with Crippen LogP contribution in [0, 0.1) is 0 Å². The van der Waals surface area contributed by atoms with Crippen LogP contribution in [0.15, 0.2) is 0 Å². The van der Waals surface area contributed by atoms with Crippen molar-refractivity contribution in [3.8, 4) is 0 Å². The maximum absolute atomic E-state index is 11.8. The SMILES string of the molecule is CCOC(C(N)=O)C(=O)N1CCOCC1. The third kappa shape index (κ3) is 3.17. The van der Waals surface area contributed by atoms with E-state index in [1.807, 2.05) is 0 Å². The van der Waals surface area contributed by atoms with Crippen molar-refractivity contribution in [2.24, 2.45) is 5.73 Å². The van der Waals surface area contributed by atoms with Gasteiger partial charge in [-0.05, 0) is 6.92 Å². The summed E-state index contributed by atoms with van der Waals surface area (Å²) in [6, 6.07) is 0. The van der Waals surface area contributed by atoms with Gasteiger partial charge in [-0.2, -0.15) is 0 Å². The minimum atomic E-state index is -1.16. The monoisotopic (exact) mass is 216 g/mol. The van der Waals surface area contributed by atoms with Crippen molar-refractivity contribution >= 4 is 11.8 Å². The molecule has 1 fully saturated rings. The van der Waals surface area contributed by atoms with Crippen LogP contribution in [0.1, 0.15) is 6.92 Å². The van der Waals surface area contributed by atoms with Crippen LogP contribution in [0.5, 0.6) is 0 Å². The van der Waals surface area contributed by atoms with Gasteiger partial charge >= 0.3 is 0 Å². The van der Waals surface area contributed by atoms with Gasteiger partial charge in [0.15, 0.2) is 0 Å². The van der Waals surface area contributed by atoms with Gasteiger partial charge in [0.2, 0.25) is 6.10 Å². The molecular formula is C9H16N2O4. The second kappa shape index (κ2) is 5.67. The zero-order valence-corrected chi connectivity index (χ0v) is 8.77. The van der Waals surface area contributed by atoms with Crippen molar-refractivity contribution in [3.63, 3.8) is 0 Å². The summed E-state index contributed by atoms with van der Waals surface area (Å²) in [6.07, 6.45) is -1.16. The molecule has 1 saturated heterocycles. The van der Waals surface area contributed by atoms with Gasteiger partial charge in [0, 0.05) is 19.7 Å². The average Bonchev–Trinajstić information content (AvgIpc) is 2.26. The number of ether oxygens (including phenoxy) is 2. The van der Waals surface area contributed by atoms with Crippen LogP contribution >= 0.6 is 0 Å². The third-order valence-electron chi connectivity index (χ3n) is 2.14. The number of carbonyl (C=O) groups is 2. The highest BCUT2D eigenvalue weighted by atomic mass is 16.5. The lowest BCUT2D eigenvalue weighted by Gasteiger charge is -2.29. The summed E-state index contributed by atoms with van der Waals surface area (Å²) in [5.41, 5.74) is 5.09. The molecule has 2 amide bonds. The van der Waals surface area contributed by atoms with E-state index in [1.165, 1.54) is 4.90 Å². The molecule has 2 N–H and O–H groups in total. The number of morpholine rings is 1. The van der Waals surface area contributed by atoms with Crippen molar-refractivity contribution < 1.29 is 19.1 Å². The van der Waals surface area contributed by atoms with Gasteiger partial charge < -0.3 is 20.1 Å². The Morgan fingerprint density at radius 2 is 2.07 bits per heavy atom. The Kier molecular flexibility index (Phi) is 4.51. The fourth-order valence-corrected chi connectivity index (χ4v) is 1.39. The van der Waals surface area contributed by atoms with E-state index in [4.69, 9.17) is 15.2 Å². The number of carbonyl (C=O) groups excluding carboxylic acids is 2. The van der Waals surface area contributed by atoms with Crippen LogP contribution in [0.4, 0.5) is 0 Å². The molecular weight excluding hydrogens is 200 g/mol. The highest BCUT2D eigenvalue weighted by Gasteiger charge is 2.30. The number of nitrogens with two attached hydrogens (primary N) is 1. The molecule has 1 heterocycles. The van der Waals surface area contributed by atoms with Crippen LogP contribution in [-0.4, -0.2) is 55.7 Å². The average molecular weight is 216 g/mol. The van der Waals surface area contributed by atoms with Gasteiger partial charge in [-0.1, -0.05) is 0 Å².